The topological polar surface area (TPSA) is 131 Å². The maximum atomic E-state index is 13.7. The Morgan fingerprint density at radius 3 is 2.30 bits per heavy atom. The van der Waals surface area contributed by atoms with Gasteiger partial charge in [0.2, 0.25) is 10.0 Å². The van der Waals surface area contributed by atoms with Crippen LogP contribution in [0, 0.1) is 12.8 Å². The molecule has 1 aliphatic rings. The molecule has 4 rings (SSSR count). The second-order valence-corrected chi connectivity index (χ2v) is 11.1. The van der Waals surface area contributed by atoms with Gasteiger partial charge >= 0.3 is 12.1 Å². The zero-order valence-electron chi connectivity index (χ0n) is 22.7. The molecule has 1 aliphatic heterocycles. The first kappa shape index (κ1) is 29.0. The number of ether oxygens (including phenoxy) is 2. The summed E-state index contributed by atoms with van der Waals surface area (Å²) in [5, 5.41) is 3.86. The zero-order valence-corrected chi connectivity index (χ0v) is 23.5. The number of nitrogens with zero attached hydrogens (tertiary/aromatic N) is 1. The molecule has 1 saturated heterocycles. The van der Waals surface area contributed by atoms with Crippen LogP contribution in [0.3, 0.4) is 0 Å². The average molecular weight is 568 g/mol. The lowest BCUT2D eigenvalue weighted by Gasteiger charge is -2.36. The van der Waals surface area contributed by atoms with Crippen molar-refractivity contribution in [1.82, 2.24) is 9.62 Å². The predicted octanol–water partition coefficient (Wildman–Crippen LogP) is 4.09. The van der Waals surface area contributed by atoms with Gasteiger partial charge in [0, 0.05) is 41.2 Å². The first-order chi connectivity index (χ1) is 19.2. The maximum absolute atomic E-state index is 13.7. The van der Waals surface area contributed by atoms with E-state index in [9.17, 15) is 22.8 Å². The van der Waals surface area contributed by atoms with E-state index in [0.29, 0.717) is 22.0 Å². The van der Waals surface area contributed by atoms with E-state index in [1.165, 1.54) is 11.0 Å². The Morgan fingerprint density at radius 1 is 0.925 bits per heavy atom. The summed E-state index contributed by atoms with van der Waals surface area (Å²) in [5.41, 5.74) is 1.80. The van der Waals surface area contributed by atoms with Crippen LogP contribution in [-0.4, -0.2) is 63.6 Å². The normalized spacial score (nSPS) is 17.3. The predicted molar refractivity (Wildman–Crippen MR) is 151 cm³/mol. The summed E-state index contributed by atoms with van der Waals surface area (Å²) >= 11 is 0. The molecule has 1 heterocycles. The number of nitrogens with one attached hydrogen (secondary N) is 2. The van der Waals surface area contributed by atoms with Crippen LogP contribution in [0.4, 0.5) is 10.5 Å². The molecule has 0 saturated carbocycles. The monoisotopic (exact) mass is 567 g/mol. The standard InChI is InChI=1S/C29H33N3O7S/c1-4-38-28(34)23-18-32(29(35)39-5-2)17-16-25(23)31-40(36,37)26-15-14-24(21-12-8-9-13-22(21)26)30-27(33)20-11-7-6-10-19(20)3/h6-15,23,25,31H,4-5,16-18H2,1-3H3,(H,30,33)/t23-,25+/m0/s1. The van der Waals surface area contributed by atoms with Crippen molar-refractivity contribution in [3.05, 3.63) is 71.8 Å². The number of rotatable bonds is 8. The molecule has 0 radical (unpaired) electrons. The van der Waals surface area contributed by atoms with Gasteiger partial charge in [0.25, 0.3) is 5.91 Å². The summed E-state index contributed by atoms with van der Waals surface area (Å²) in [4.78, 5) is 39.4. The third-order valence-electron chi connectivity index (χ3n) is 6.85. The number of hydrogen-bond acceptors (Lipinski definition) is 7. The number of fused-ring (bicyclic) bond motifs is 1. The summed E-state index contributed by atoms with van der Waals surface area (Å²) in [5.74, 6) is -1.81. The van der Waals surface area contributed by atoms with Gasteiger partial charge in [0.1, 0.15) is 0 Å². The van der Waals surface area contributed by atoms with Crippen LogP contribution in [0.5, 0.6) is 0 Å². The van der Waals surface area contributed by atoms with Gasteiger partial charge in [0.15, 0.2) is 0 Å². The van der Waals surface area contributed by atoms with Crippen LogP contribution in [0.25, 0.3) is 10.8 Å². The highest BCUT2D eigenvalue weighted by Crippen LogP contribution is 2.31. The van der Waals surface area contributed by atoms with Crippen LogP contribution < -0.4 is 10.0 Å². The number of carbonyl (C=O) groups is 3. The summed E-state index contributed by atoms with van der Waals surface area (Å²) in [6.45, 7) is 5.68. The molecular weight excluding hydrogens is 534 g/mol. The Kier molecular flexibility index (Phi) is 9.06. The van der Waals surface area contributed by atoms with E-state index in [1.54, 1.807) is 56.3 Å². The number of carbonyl (C=O) groups excluding carboxylic acids is 3. The van der Waals surface area contributed by atoms with Crippen molar-refractivity contribution in [2.24, 2.45) is 5.92 Å². The van der Waals surface area contributed by atoms with Crippen molar-refractivity contribution < 1.29 is 32.3 Å². The molecule has 2 N–H and O–H groups in total. The highest BCUT2D eigenvalue weighted by Gasteiger charge is 2.40. The van der Waals surface area contributed by atoms with E-state index >= 15 is 0 Å². The molecule has 0 aliphatic carbocycles. The van der Waals surface area contributed by atoms with Crippen molar-refractivity contribution >= 4 is 44.5 Å². The summed E-state index contributed by atoms with van der Waals surface area (Å²) in [6.07, 6.45) is -0.364. The zero-order chi connectivity index (χ0) is 28.9. The molecule has 0 bridgehead atoms. The van der Waals surface area contributed by atoms with E-state index in [1.807, 2.05) is 19.1 Å². The second kappa shape index (κ2) is 12.5. The first-order valence-electron chi connectivity index (χ1n) is 13.2. The van der Waals surface area contributed by atoms with Crippen LogP contribution in [0.1, 0.15) is 36.2 Å². The summed E-state index contributed by atoms with van der Waals surface area (Å²) < 4.78 is 40.3. The maximum Gasteiger partial charge on any atom is 0.409 e. The number of piperidine rings is 1. The third-order valence-corrected chi connectivity index (χ3v) is 8.39. The van der Waals surface area contributed by atoms with Gasteiger partial charge in [-0.3, -0.25) is 9.59 Å². The van der Waals surface area contributed by atoms with Crippen molar-refractivity contribution in [3.8, 4) is 0 Å². The average Bonchev–Trinajstić information content (AvgIpc) is 2.93. The third kappa shape index (κ3) is 6.26. The lowest BCUT2D eigenvalue weighted by atomic mass is 9.93. The number of aryl methyl sites for hydroxylation is 1. The molecule has 2 atom stereocenters. The Labute approximate surface area is 233 Å². The number of sulfonamides is 1. The lowest BCUT2D eigenvalue weighted by Crippen LogP contribution is -2.55. The Bertz CT molecular complexity index is 1520. The number of likely N-dealkylation sites (tertiary alicyclic amines) is 1. The Balaban J connectivity index is 1.62. The second-order valence-electron chi connectivity index (χ2n) is 9.45. The lowest BCUT2D eigenvalue weighted by molar-refractivity contribution is -0.150. The number of benzene rings is 3. The molecule has 11 heteroatoms. The van der Waals surface area contributed by atoms with E-state index in [0.717, 1.165) is 5.56 Å². The first-order valence-corrected chi connectivity index (χ1v) is 14.6. The highest BCUT2D eigenvalue weighted by atomic mass is 32.2. The van der Waals surface area contributed by atoms with Gasteiger partial charge in [-0.1, -0.05) is 42.5 Å². The van der Waals surface area contributed by atoms with Crippen LogP contribution in [-0.2, 0) is 24.3 Å². The number of anilines is 1. The minimum atomic E-state index is -4.13. The minimum Gasteiger partial charge on any atom is -0.466 e. The molecule has 1 fully saturated rings. The Hall–Kier alpha value is -3.96. The Morgan fingerprint density at radius 2 is 1.60 bits per heavy atom. The number of amides is 2. The molecule has 40 heavy (non-hydrogen) atoms. The molecule has 0 unspecified atom stereocenters. The van der Waals surface area contributed by atoms with Gasteiger partial charge in [-0.05, 0) is 51.0 Å². The molecule has 3 aromatic rings. The fraction of sp³-hybridized carbons (Fsp3) is 0.345. The fourth-order valence-corrected chi connectivity index (χ4v) is 6.38. The number of esters is 1. The highest BCUT2D eigenvalue weighted by molar-refractivity contribution is 7.89. The van der Waals surface area contributed by atoms with Gasteiger partial charge in [-0.15, -0.1) is 0 Å². The fourth-order valence-electron chi connectivity index (χ4n) is 4.86. The molecule has 212 valence electrons. The van der Waals surface area contributed by atoms with E-state index in [-0.39, 0.29) is 43.5 Å². The summed E-state index contributed by atoms with van der Waals surface area (Å²) in [6, 6.07) is 16.3. The van der Waals surface area contributed by atoms with Crippen molar-refractivity contribution in [2.75, 3.05) is 31.6 Å². The minimum absolute atomic E-state index is 0.00687. The smallest absolute Gasteiger partial charge is 0.409 e. The van der Waals surface area contributed by atoms with Crippen molar-refractivity contribution in [2.45, 2.75) is 38.1 Å². The van der Waals surface area contributed by atoms with E-state index in [4.69, 9.17) is 9.47 Å². The van der Waals surface area contributed by atoms with Crippen LogP contribution in [0.15, 0.2) is 65.6 Å². The quantitative estimate of drug-likeness (QED) is 0.392. The molecule has 10 nitrogen and oxygen atoms in total. The number of hydrogen-bond donors (Lipinski definition) is 2. The van der Waals surface area contributed by atoms with Crippen LogP contribution in [0.2, 0.25) is 0 Å². The summed E-state index contributed by atoms with van der Waals surface area (Å²) in [7, 11) is -4.13. The molecule has 0 spiro atoms. The largest absolute Gasteiger partial charge is 0.466 e. The SMILES string of the molecule is CCOC(=O)[C@H]1CN(C(=O)OCC)CC[C@H]1NS(=O)(=O)c1ccc(NC(=O)c2ccccc2C)c2ccccc12. The van der Waals surface area contributed by atoms with Crippen molar-refractivity contribution in [1.29, 1.82) is 0 Å². The molecule has 2 amide bonds. The molecule has 0 aromatic heterocycles. The van der Waals surface area contributed by atoms with Gasteiger partial charge in [-0.25, -0.2) is 17.9 Å². The van der Waals surface area contributed by atoms with Gasteiger partial charge < -0.3 is 19.7 Å². The van der Waals surface area contributed by atoms with Crippen LogP contribution >= 0.6 is 0 Å². The van der Waals surface area contributed by atoms with Gasteiger partial charge in [0.05, 0.1) is 24.0 Å². The molecular formula is C29H33N3O7S. The van der Waals surface area contributed by atoms with Crippen molar-refractivity contribution in [3.63, 3.8) is 0 Å². The molecule has 3 aromatic carbocycles. The van der Waals surface area contributed by atoms with E-state index < -0.39 is 34.0 Å². The van der Waals surface area contributed by atoms with E-state index in [2.05, 4.69) is 10.0 Å². The van der Waals surface area contributed by atoms with Gasteiger partial charge in [-0.2, -0.15) is 0 Å².